The number of benzene rings is 1. The molecule has 5 aliphatic carbocycles. The molecule has 0 saturated heterocycles. The van der Waals surface area contributed by atoms with E-state index in [2.05, 4.69) is 54.5 Å². The zero-order valence-electron chi connectivity index (χ0n) is 28.4. The van der Waals surface area contributed by atoms with Gasteiger partial charge in [0.15, 0.2) is 0 Å². The number of carboxylic acid groups (broad SMARTS) is 1. The van der Waals surface area contributed by atoms with Crippen LogP contribution in [0.3, 0.4) is 0 Å². The summed E-state index contributed by atoms with van der Waals surface area (Å²) in [5.41, 5.74) is 0.991. The molecule has 0 aromatic heterocycles. The Labute approximate surface area is 269 Å². The fraction of sp³-hybridized carbons (Fsp3) is 0.692. The Morgan fingerprint density at radius 2 is 1.56 bits per heavy atom. The van der Waals surface area contributed by atoms with Crippen LogP contribution in [0.25, 0.3) is 6.08 Å². The van der Waals surface area contributed by atoms with E-state index in [1.54, 1.807) is 30.3 Å². The highest BCUT2D eigenvalue weighted by Crippen LogP contribution is 2.75. The first-order valence-corrected chi connectivity index (χ1v) is 17.2. The van der Waals surface area contributed by atoms with Gasteiger partial charge in [-0.05, 0) is 121 Å². The van der Waals surface area contributed by atoms with Gasteiger partial charge in [0.05, 0.1) is 11.5 Å². The number of ether oxygens (including phenoxy) is 1. The third-order valence-corrected chi connectivity index (χ3v) is 14.5. The average molecular weight is 619 g/mol. The van der Waals surface area contributed by atoms with Gasteiger partial charge < -0.3 is 20.1 Å². The second-order valence-electron chi connectivity index (χ2n) is 17.6. The molecule has 4 saturated carbocycles. The lowest BCUT2D eigenvalue weighted by molar-refractivity contribution is -0.238. The number of hydrogen-bond acceptors (Lipinski definition) is 5. The summed E-state index contributed by atoms with van der Waals surface area (Å²) in [5.74, 6) is -0.230. The second kappa shape index (κ2) is 10.5. The van der Waals surface area contributed by atoms with E-state index in [0.29, 0.717) is 12.3 Å². The zero-order valence-corrected chi connectivity index (χ0v) is 28.4. The molecule has 5 aliphatic rings. The summed E-state index contributed by atoms with van der Waals surface area (Å²) >= 11 is 0. The molecule has 3 N–H and O–H groups in total. The molecule has 45 heavy (non-hydrogen) atoms. The van der Waals surface area contributed by atoms with E-state index >= 15 is 0 Å². The molecule has 4 fully saturated rings. The third kappa shape index (κ3) is 4.74. The Hall–Kier alpha value is -2.60. The van der Waals surface area contributed by atoms with E-state index in [0.717, 1.165) is 56.9 Å². The van der Waals surface area contributed by atoms with Crippen LogP contribution in [0.4, 0.5) is 0 Å². The first-order chi connectivity index (χ1) is 20.9. The van der Waals surface area contributed by atoms with Crippen LogP contribution in [0.1, 0.15) is 112 Å². The first-order valence-electron chi connectivity index (χ1n) is 17.2. The minimum atomic E-state index is -0.780. The van der Waals surface area contributed by atoms with Gasteiger partial charge in [-0.3, -0.25) is 4.79 Å². The predicted molar refractivity (Wildman–Crippen MR) is 175 cm³/mol. The largest absolute Gasteiger partial charge is 0.508 e. The van der Waals surface area contributed by atoms with Gasteiger partial charge in [0.2, 0.25) is 0 Å². The van der Waals surface area contributed by atoms with Crippen molar-refractivity contribution in [1.29, 1.82) is 0 Å². The molecule has 9 atom stereocenters. The van der Waals surface area contributed by atoms with Crippen molar-refractivity contribution in [1.82, 2.24) is 0 Å². The van der Waals surface area contributed by atoms with Crippen molar-refractivity contribution < 1.29 is 29.6 Å². The Morgan fingerprint density at radius 3 is 2.22 bits per heavy atom. The standard InChI is InChI=1S/C39H54O6/c1-34(2)18-20-39(33(43)44)21-19-37(6)26(27(39)22-34)13-14-30-36(5)23-28(41)32(35(3,4)29(36)16-17-38(30,37)7)45-31(42)15-10-24-8-11-25(40)12-9-24/h8-13,15,27-30,32,40-41H,14,16-23H2,1-7H3,(H,43,44)/b15-10+. The number of phenolic OH excluding ortho intramolecular Hbond substituents is 1. The maximum atomic E-state index is 13.0. The van der Waals surface area contributed by atoms with Gasteiger partial charge in [-0.2, -0.15) is 0 Å². The van der Waals surface area contributed by atoms with E-state index in [1.165, 1.54) is 11.6 Å². The highest BCUT2D eigenvalue weighted by atomic mass is 16.6. The molecule has 1 aromatic carbocycles. The molecule has 6 rings (SSSR count). The molecule has 0 spiro atoms. The lowest BCUT2D eigenvalue weighted by Crippen LogP contribution is -2.67. The summed E-state index contributed by atoms with van der Waals surface area (Å²) in [6.07, 6.45) is 12.0. The third-order valence-electron chi connectivity index (χ3n) is 14.5. The number of aliphatic hydroxyl groups excluding tert-OH is 1. The Bertz CT molecular complexity index is 1420. The summed E-state index contributed by atoms with van der Waals surface area (Å²) in [5, 5.41) is 31.9. The number of aromatic hydroxyl groups is 1. The number of carbonyl (C=O) groups excluding carboxylic acids is 1. The quantitative estimate of drug-likeness (QED) is 0.179. The number of phenols is 1. The van der Waals surface area contributed by atoms with Crippen molar-refractivity contribution in [2.45, 2.75) is 118 Å². The van der Waals surface area contributed by atoms with Crippen LogP contribution in [-0.2, 0) is 14.3 Å². The van der Waals surface area contributed by atoms with Crippen molar-refractivity contribution in [2.24, 2.45) is 50.2 Å². The van der Waals surface area contributed by atoms with Gasteiger partial charge in [0.1, 0.15) is 11.9 Å². The highest BCUT2D eigenvalue weighted by Gasteiger charge is 2.70. The summed E-state index contributed by atoms with van der Waals surface area (Å²) in [6.45, 7) is 16.3. The molecule has 0 amide bonds. The van der Waals surface area contributed by atoms with Crippen LogP contribution in [0.5, 0.6) is 5.75 Å². The minimum absolute atomic E-state index is 0.0131. The molecule has 0 radical (unpaired) electrons. The topological polar surface area (TPSA) is 104 Å². The van der Waals surface area contributed by atoms with Gasteiger partial charge >= 0.3 is 11.9 Å². The Kier molecular flexibility index (Phi) is 7.51. The molecule has 1 aromatic rings. The number of aliphatic hydroxyl groups is 1. The van der Waals surface area contributed by atoms with Crippen molar-refractivity contribution in [3.05, 3.63) is 47.6 Å². The van der Waals surface area contributed by atoms with Gasteiger partial charge in [-0.25, -0.2) is 4.79 Å². The van der Waals surface area contributed by atoms with Gasteiger partial charge in [0.25, 0.3) is 0 Å². The molecule has 0 aliphatic heterocycles. The Morgan fingerprint density at radius 1 is 0.889 bits per heavy atom. The van der Waals surface area contributed by atoms with E-state index in [4.69, 9.17) is 4.74 Å². The molecule has 6 nitrogen and oxygen atoms in total. The fourth-order valence-corrected chi connectivity index (χ4v) is 11.9. The zero-order chi connectivity index (χ0) is 32.8. The molecule has 0 heterocycles. The SMILES string of the molecule is CC1(C)CCC2(C(=O)O)CCC3(C)C(=CCC4C5(C)CC(O)C(OC(=O)/C=C/c6ccc(O)cc6)C(C)(C)C5CCC43C)C2C1. The van der Waals surface area contributed by atoms with Crippen molar-refractivity contribution >= 4 is 18.0 Å². The molecule has 246 valence electrons. The summed E-state index contributed by atoms with van der Waals surface area (Å²) in [6, 6.07) is 6.62. The van der Waals surface area contributed by atoms with Gasteiger partial charge in [-0.15, -0.1) is 0 Å². The summed E-state index contributed by atoms with van der Waals surface area (Å²) in [4.78, 5) is 26.0. The van der Waals surface area contributed by atoms with Gasteiger partial charge in [-0.1, -0.05) is 72.2 Å². The van der Waals surface area contributed by atoms with Crippen LogP contribution in [0.15, 0.2) is 42.0 Å². The van der Waals surface area contributed by atoms with Crippen molar-refractivity contribution in [3.8, 4) is 5.75 Å². The summed E-state index contributed by atoms with van der Waals surface area (Å²) < 4.78 is 6.04. The van der Waals surface area contributed by atoms with Crippen LogP contribution in [0, 0.1) is 50.2 Å². The van der Waals surface area contributed by atoms with Crippen LogP contribution < -0.4 is 0 Å². The minimum Gasteiger partial charge on any atom is -0.508 e. The number of hydrogen-bond donors (Lipinski definition) is 3. The van der Waals surface area contributed by atoms with Crippen molar-refractivity contribution in [3.63, 3.8) is 0 Å². The molecular formula is C39H54O6. The number of aliphatic carboxylic acids is 1. The van der Waals surface area contributed by atoms with E-state index in [1.807, 2.05) is 0 Å². The lowest BCUT2D eigenvalue weighted by atomic mass is 9.33. The smallest absolute Gasteiger partial charge is 0.331 e. The maximum absolute atomic E-state index is 13.0. The number of fused-ring (bicyclic) bond motifs is 7. The van der Waals surface area contributed by atoms with E-state index < -0.39 is 35.0 Å². The molecule has 0 bridgehead atoms. The van der Waals surface area contributed by atoms with Crippen LogP contribution in [-0.4, -0.2) is 39.5 Å². The van der Waals surface area contributed by atoms with E-state index in [9.17, 15) is 24.9 Å². The van der Waals surface area contributed by atoms with Crippen molar-refractivity contribution in [2.75, 3.05) is 0 Å². The monoisotopic (exact) mass is 618 g/mol. The number of allylic oxidation sites excluding steroid dienone is 2. The average Bonchev–Trinajstić information content (AvgIpc) is 2.94. The number of carbonyl (C=O) groups is 2. The Balaban J connectivity index is 1.29. The number of esters is 1. The summed E-state index contributed by atoms with van der Waals surface area (Å²) in [7, 11) is 0. The second-order valence-corrected chi connectivity index (χ2v) is 17.6. The fourth-order valence-electron chi connectivity index (χ4n) is 11.9. The first kappa shape index (κ1) is 32.3. The van der Waals surface area contributed by atoms with Gasteiger partial charge in [0, 0.05) is 11.5 Å². The van der Waals surface area contributed by atoms with Crippen LogP contribution in [0.2, 0.25) is 0 Å². The number of rotatable bonds is 4. The predicted octanol–water partition coefficient (Wildman–Crippen LogP) is 8.17. The molecule has 6 heteroatoms. The van der Waals surface area contributed by atoms with Crippen LogP contribution >= 0.6 is 0 Å². The highest BCUT2D eigenvalue weighted by molar-refractivity contribution is 5.87. The number of carboxylic acids is 1. The van der Waals surface area contributed by atoms with E-state index in [-0.39, 0.29) is 39.2 Å². The lowest BCUT2D eigenvalue weighted by Gasteiger charge is -2.71. The maximum Gasteiger partial charge on any atom is 0.331 e. The normalized spacial score (nSPS) is 43.2. The molecule has 9 unspecified atom stereocenters. The molecular weight excluding hydrogens is 564 g/mol.